The summed E-state index contributed by atoms with van der Waals surface area (Å²) < 4.78 is 23.3. The second kappa shape index (κ2) is 9.26. The number of hydrogen-bond donors (Lipinski definition) is 2. The Hall–Kier alpha value is -3.30. The van der Waals surface area contributed by atoms with Crippen LogP contribution in [-0.4, -0.2) is 46.7 Å². The van der Waals surface area contributed by atoms with E-state index in [9.17, 15) is 14.0 Å². The molecule has 1 fully saturated rings. The number of methoxy groups -OCH3 is 1. The Balaban J connectivity index is 1.60. The number of ether oxygens (including phenoxy) is 2. The molecule has 9 nitrogen and oxygen atoms in total. The first-order valence-corrected chi connectivity index (χ1v) is 9.19. The number of carbonyl (C=O) groups excluding carboxylic acids is 2. The third-order valence-electron chi connectivity index (χ3n) is 4.08. The van der Waals surface area contributed by atoms with Gasteiger partial charge in [0.15, 0.2) is 0 Å². The summed E-state index contributed by atoms with van der Waals surface area (Å²) in [5, 5.41) is 5.32. The van der Waals surface area contributed by atoms with Gasteiger partial charge < -0.3 is 14.8 Å². The minimum atomic E-state index is -1.12. The van der Waals surface area contributed by atoms with Gasteiger partial charge in [0.05, 0.1) is 7.11 Å². The summed E-state index contributed by atoms with van der Waals surface area (Å²) in [5.41, 5.74) is 0.729. The van der Waals surface area contributed by atoms with Crippen LogP contribution in [0.3, 0.4) is 0 Å². The zero-order valence-electron chi connectivity index (χ0n) is 16.1. The van der Waals surface area contributed by atoms with Crippen LogP contribution >= 0.6 is 0 Å². The molecule has 3 rings (SSSR count). The Labute approximate surface area is 167 Å². The number of carbonyl (C=O) groups is 2. The van der Waals surface area contributed by atoms with Crippen LogP contribution in [0.4, 0.5) is 10.3 Å². The van der Waals surface area contributed by atoms with Crippen LogP contribution in [0.5, 0.6) is 11.8 Å². The molecule has 0 saturated heterocycles. The van der Waals surface area contributed by atoms with Crippen LogP contribution < -0.4 is 20.1 Å². The maximum Gasteiger partial charge on any atom is 0.270 e. The fourth-order valence-electron chi connectivity index (χ4n) is 2.41. The largest absolute Gasteiger partial charge is 0.481 e. The number of hydrogen-bond acceptors (Lipinski definition) is 7. The molecule has 10 heteroatoms. The fraction of sp³-hybridized carbons (Fsp3) is 0.421. The number of anilines is 1. The van der Waals surface area contributed by atoms with Crippen LogP contribution in [0.2, 0.25) is 0 Å². The lowest BCUT2D eigenvalue weighted by Crippen LogP contribution is -2.25. The Bertz CT molecular complexity index is 889. The number of halogens is 1. The predicted octanol–water partition coefficient (Wildman–Crippen LogP) is 1.90. The average Bonchev–Trinajstić information content (AvgIpc) is 3.56. The van der Waals surface area contributed by atoms with E-state index in [0.29, 0.717) is 5.56 Å². The smallest absolute Gasteiger partial charge is 0.270 e. The van der Waals surface area contributed by atoms with Gasteiger partial charge in [-0.3, -0.25) is 14.9 Å². The van der Waals surface area contributed by atoms with Gasteiger partial charge in [-0.1, -0.05) is 0 Å². The van der Waals surface area contributed by atoms with Gasteiger partial charge in [0.1, 0.15) is 18.5 Å². The molecule has 0 radical (unpaired) electrons. The van der Waals surface area contributed by atoms with Crippen molar-refractivity contribution in [3.63, 3.8) is 0 Å². The van der Waals surface area contributed by atoms with Crippen LogP contribution in [0, 0.1) is 5.92 Å². The molecule has 154 valence electrons. The summed E-state index contributed by atoms with van der Waals surface area (Å²) in [7, 11) is 1.44. The molecular formula is C19H22FN5O4. The molecule has 1 saturated carbocycles. The first kappa shape index (κ1) is 20.4. The van der Waals surface area contributed by atoms with Crippen molar-refractivity contribution < 1.29 is 23.5 Å². The standard InChI is InChI=1S/C19H22FN5O4/c1-11(20)10-29-15-6-5-13(18(24-15)28-2)9-22-17(27)14-7-8-21-19(23-14)25-16(26)12-3-4-12/h5-8,11-12H,3-4,9-10H2,1-2H3,(H,22,27)(H,21,23,25,26). The Morgan fingerprint density at radius 3 is 2.76 bits per heavy atom. The molecule has 2 aromatic heterocycles. The summed E-state index contributed by atoms with van der Waals surface area (Å²) in [6.07, 6.45) is 2.01. The second-order valence-electron chi connectivity index (χ2n) is 6.62. The molecule has 29 heavy (non-hydrogen) atoms. The predicted molar refractivity (Wildman–Crippen MR) is 101 cm³/mol. The summed E-state index contributed by atoms with van der Waals surface area (Å²) in [5.74, 6) is 0.0157. The third kappa shape index (κ3) is 5.84. The molecule has 2 heterocycles. The fourth-order valence-corrected chi connectivity index (χ4v) is 2.41. The van der Waals surface area contributed by atoms with Gasteiger partial charge in [-0.25, -0.2) is 14.4 Å². The molecule has 0 aliphatic heterocycles. The molecule has 2 aromatic rings. The van der Waals surface area contributed by atoms with Crippen molar-refractivity contribution in [3.8, 4) is 11.8 Å². The first-order valence-electron chi connectivity index (χ1n) is 9.19. The number of nitrogens with zero attached hydrogens (tertiary/aromatic N) is 3. The molecule has 1 unspecified atom stereocenters. The van der Waals surface area contributed by atoms with Crippen molar-refractivity contribution in [3.05, 3.63) is 35.7 Å². The van der Waals surface area contributed by atoms with Gasteiger partial charge >= 0.3 is 0 Å². The molecular weight excluding hydrogens is 381 g/mol. The summed E-state index contributed by atoms with van der Waals surface area (Å²) in [4.78, 5) is 36.4. The lowest BCUT2D eigenvalue weighted by molar-refractivity contribution is -0.117. The van der Waals surface area contributed by atoms with Crippen LogP contribution in [0.25, 0.3) is 0 Å². The van der Waals surface area contributed by atoms with Crippen molar-refractivity contribution in [2.45, 2.75) is 32.5 Å². The number of amides is 2. The number of aromatic nitrogens is 3. The highest BCUT2D eigenvalue weighted by Crippen LogP contribution is 2.29. The first-order chi connectivity index (χ1) is 14.0. The lowest BCUT2D eigenvalue weighted by atomic mass is 10.2. The van der Waals surface area contributed by atoms with Crippen molar-refractivity contribution in [2.24, 2.45) is 5.92 Å². The highest BCUT2D eigenvalue weighted by molar-refractivity contribution is 5.94. The normalized spacial score (nSPS) is 14.0. The number of nitrogens with one attached hydrogen (secondary N) is 2. The van der Waals surface area contributed by atoms with E-state index in [0.717, 1.165) is 12.8 Å². The summed E-state index contributed by atoms with van der Waals surface area (Å²) in [6, 6.07) is 4.70. The van der Waals surface area contributed by atoms with Crippen molar-refractivity contribution >= 4 is 17.8 Å². The summed E-state index contributed by atoms with van der Waals surface area (Å²) >= 11 is 0. The van der Waals surface area contributed by atoms with Crippen LogP contribution in [0.1, 0.15) is 35.8 Å². The van der Waals surface area contributed by atoms with E-state index < -0.39 is 12.1 Å². The molecule has 0 bridgehead atoms. The number of alkyl halides is 1. The van der Waals surface area contributed by atoms with Crippen molar-refractivity contribution in [1.82, 2.24) is 20.3 Å². The topological polar surface area (TPSA) is 115 Å². The molecule has 2 N–H and O–H groups in total. The number of pyridine rings is 1. The third-order valence-corrected chi connectivity index (χ3v) is 4.08. The van der Waals surface area contributed by atoms with Gasteiger partial charge in [-0.15, -0.1) is 0 Å². The van der Waals surface area contributed by atoms with E-state index in [1.54, 1.807) is 12.1 Å². The molecule has 2 amide bonds. The van der Waals surface area contributed by atoms with Gasteiger partial charge in [0.25, 0.3) is 5.91 Å². The molecule has 0 spiro atoms. The molecule has 1 aliphatic carbocycles. The Morgan fingerprint density at radius 1 is 1.28 bits per heavy atom. The quantitative estimate of drug-likeness (QED) is 0.657. The van der Waals surface area contributed by atoms with E-state index >= 15 is 0 Å². The minimum absolute atomic E-state index is 0.0103. The zero-order valence-corrected chi connectivity index (χ0v) is 16.1. The van der Waals surface area contributed by atoms with Crippen LogP contribution in [0.15, 0.2) is 24.4 Å². The van der Waals surface area contributed by atoms with E-state index in [1.807, 2.05) is 0 Å². The van der Waals surface area contributed by atoms with E-state index in [1.165, 1.54) is 26.3 Å². The van der Waals surface area contributed by atoms with Crippen LogP contribution in [-0.2, 0) is 11.3 Å². The summed E-state index contributed by atoms with van der Waals surface area (Å²) in [6.45, 7) is 1.40. The highest BCUT2D eigenvalue weighted by atomic mass is 19.1. The van der Waals surface area contributed by atoms with Gasteiger partial charge in [0, 0.05) is 30.3 Å². The van der Waals surface area contributed by atoms with Crippen molar-refractivity contribution in [1.29, 1.82) is 0 Å². The van der Waals surface area contributed by atoms with Gasteiger partial charge in [0.2, 0.25) is 23.6 Å². The lowest BCUT2D eigenvalue weighted by Gasteiger charge is -2.12. The average molecular weight is 403 g/mol. The number of rotatable bonds is 9. The SMILES string of the molecule is COc1nc(OCC(C)F)ccc1CNC(=O)c1ccnc(NC(=O)C2CC2)n1. The van der Waals surface area contributed by atoms with Gasteiger partial charge in [-0.05, 0) is 31.9 Å². The van der Waals surface area contributed by atoms with Crippen molar-refractivity contribution in [2.75, 3.05) is 19.0 Å². The maximum absolute atomic E-state index is 12.9. The van der Waals surface area contributed by atoms with E-state index in [-0.39, 0.29) is 48.4 Å². The molecule has 1 atom stereocenters. The maximum atomic E-state index is 12.9. The monoisotopic (exact) mass is 403 g/mol. The zero-order chi connectivity index (χ0) is 20.8. The molecule has 1 aliphatic rings. The Kier molecular flexibility index (Phi) is 6.53. The molecule has 0 aromatic carbocycles. The minimum Gasteiger partial charge on any atom is -0.481 e. The van der Waals surface area contributed by atoms with Gasteiger partial charge in [-0.2, -0.15) is 4.98 Å². The van der Waals surface area contributed by atoms with E-state index in [2.05, 4.69) is 25.6 Å². The Morgan fingerprint density at radius 2 is 2.07 bits per heavy atom. The van der Waals surface area contributed by atoms with E-state index in [4.69, 9.17) is 9.47 Å². The second-order valence-corrected chi connectivity index (χ2v) is 6.62. The highest BCUT2D eigenvalue weighted by Gasteiger charge is 2.30.